The summed E-state index contributed by atoms with van der Waals surface area (Å²) in [5, 5.41) is 3.19. The first-order chi connectivity index (χ1) is 8.65. The number of halogens is 1. The first-order valence-corrected chi connectivity index (χ1v) is 6.45. The standard InChI is InChI=1S/C12H23N3O3.ClH/c1-3-8-18-10-12(17)14(2)9-11(16)15-6-4-13-5-7-15;/h13H,3-10H2,1-2H3;1H. The lowest BCUT2D eigenvalue weighted by Gasteiger charge is -2.29. The van der Waals surface area contributed by atoms with Crippen LogP contribution in [0.2, 0.25) is 0 Å². The van der Waals surface area contributed by atoms with E-state index in [1.807, 2.05) is 6.92 Å². The quantitative estimate of drug-likeness (QED) is 0.685. The Balaban J connectivity index is 0.00000324. The van der Waals surface area contributed by atoms with E-state index >= 15 is 0 Å². The van der Waals surface area contributed by atoms with Crippen LogP contribution in [0.4, 0.5) is 0 Å². The van der Waals surface area contributed by atoms with Gasteiger partial charge in [-0.1, -0.05) is 6.92 Å². The lowest BCUT2D eigenvalue weighted by atomic mass is 10.3. The number of carbonyl (C=O) groups is 2. The average Bonchev–Trinajstić information content (AvgIpc) is 2.39. The highest BCUT2D eigenvalue weighted by Gasteiger charge is 2.19. The molecule has 0 spiro atoms. The molecule has 1 aliphatic rings. The van der Waals surface area contributed by atoms with Gasteiger partial charge in [0.25, 0.3) is 0 Å². The van der Waals surface area contributed by atoms with Gasteiger partial charge in [-0.05, 0) is 6.42 Å². The van der Waals surface area contributed by atoms with Gasteiger partial charge in [-0.2, -0.15) is 0 Å². The van der Waals surface area contributed by atoms with Crippen LogP contribution in [-0.2, 0) is 14.3 Å². The Bertz CT molecular complexity index is 283. The van der Waals surface area contributed by atoms with Gasteiger partial charge in [-0.15, -0.1) is 12.4 Å². The predicted molar refractivity (Wildman–Crippen MR) is 75.4 cm³/mol. The van der Waals surface area contributed by atoms with E-state index in [9.17, 15) is 9.59 Å². The number of hydrogen-bond acceptors (Lipinski definition) is 4. The molecule has 0 aromatic rings. The number of piperazine rings is 1. The number of nitrogens with zero attached hydrogens (tertiary/aromatic N) is 2. The Labute approximate surface area is 120 Å². The molecule has 6 nitrogen and oxygen atoms in total. The number of amides is 2. The van der Waals surface area contributed by atoms with Crippen molar-refractivity contribution in [3.63, 3.8) is 0 Å². The van der Waals surface area contributed by atoms with Crippen molar-refractivity contribution in [1.82, 2.24) is 15.1 Å². The van der Waals surface area contributed by atoms with Crippen LogP contribution < -0.4 is 5.32 Å². The highest BCUT2D eigenvalue weighted by molar-refractivity contribution is 5.85. The zero-order valence-electron chi connectivity index (χ0n) is 11.7. The fourth-order valence-electron chi connectivity index (χ4n) is 1.72. The van der Waals surface area contributed by atoms with Gasteiger partial charge in [0.1, 0.15) is 6.61 Å². The van der Waals surface area contributed by atoms with E-state index in [2.05, 4.69) is 5.32 Å². The summed E-state index contributed by atoms with van der Waals surface area (Å²) in [6, 6.07) is 0. The highest BCUT2D eigenvalue weighted by Crippen LogP contribution is 1.96. The molecule has 1 heterocycles. The van der Waals surface area contributed by atoms with Crippen LogP contribution >= 0.6 is 12.4 Å². The fourth-order valence-corrected chi connectivity index (χ4v) is 1.72. The number of nitrogens with one attached hydrogen (secondary N) is 1. The number of rotatable bonds is 6. The van der Waals surface area contributed by atoms with E-state index in [0.717, 1.165) is 19.5 Å². The molecule has 2 amide bonds. The number of ether oxygens (including phenoxy) is 1. The van der Waals surface area contributed by atoms with Crippen molar-refractivity contribution in [1.29, 1.82) is 0 Å². The second-order valence-electron chi connectivity index (χ2n) is 4.43. The summed E-state index contributed by atoms with van der Waals surface area (Å²) in [6.45, 7) is 5.83. The molecule has 1 rings (SSSR count). The highest BCUT2D eigenvalue weighted by atomic mass is 35.5. The van der Waals surface area contributed by atoms with E-state index in [-0.39, 0.29) is 37.4 Å². The van der Waals surface area contributed by atoms with Crippen LogP contribution in [0.25, 0.3) is 0 Å². The molecule has 7 heteroatoms. The van der Waals surface area contributed by atoms with Crippen molar-refractivity contribution in [2.24, 2.45) is 0 Å². The van der Waals surface area contributed by atoms with Gasteiger partial charge in [0.05, 0.1) is 6.54 Å². The molecule has 1 N–H and O–H groups in total. The molecule has 0 aromatic carbocycles. The second-order valence-corrected chi connectivity index (χ2v) is 4.43. The van der Waals surface area contributed by atoms with Crippen LogP contribution in [0.15, 0.2) is 0 Å². The molecular weight excluding hydrogens is 270 g/mol. The zero-order chi connectivity index (χ0) is 13.4. The maximum atomic E-state index is 11.9. The lowest BCUT2D eigenvalue weighted by Crippen LogP contribution is -2.50. The molecule has 112 valence electrons. The summed E-state index contributed by atoms with van der Waals surface area (Å²) in [4.78, 5) is 26.8. The summed E-state index contributed by atoms with van der Waals surface area (Å²) in [5.41, 5.74) is 0. The van der Waals surface area contributed by atoms with E-state index in [4.69, 9.17) is 4.74 Å². The van der Waals surface area contributed by atoms with Gasteiger partial charge in [0.2, 0.25) is 11.8 Å². The minimum absolute atomic E-state index is 0. The molecule has 0 aliphatic carbocycles. The third-order valence-electron chi connectivity index (χ3n) is 2.84. The Morgan fingerprint density at radius 2 is 1.95 bits per heavy atom. The topological polar surface area (TPSA) is 61.9 Å². The third kappa shape index (κ3) is 6.75. The summed E-state index contributed by atoms with van der Waals surface area (Å²) in [5.74, 6) is -0.144. The molecule has 19 heavy (non-hydrogen) atoms. The first kappa shape index (κ1) is 18.1. The van der Waals surface area contributed by atoms with Crippen LogP contribution in [0.1, 0.15) is 13.3 Å². The Morgan fingerprint density at radius 3 is 2.53 bits per heavy atom. The van der Waals surface area contributed by atoms with E-state index in [0.29, 0.717) is 19.7 Å². The zero-order valence-corrected chi connectivity index (χ0v) is 12.5. The van der Waals surface area contributed by atoms with Crippen LogP contribution in [0.5, 0.6) is 0 Å². The number of likely N-dealkylation sites (N-methyl/N-ethyl adjacent to an activating group) is 1. The van der Waals surface area contributed by atoms with Crippen LogP contribution in [-0.4, -0.2) is 74.6 Å². The molecule has 0 aromatic heterocycles. The first-order valence-electron chi connectivity index (χ1n) is 6.45. The molecule has 0 unspecified atom stereocenters. The SMILES string of the molecule is CCCOCC(=O)N(C)CC(=O)N1CCNCC1.Cl. The number of hydrogen-bond donors (Lipinski definition) is 1. The minimum atomic E-state index is -0.146. The van der Waals surface area contributed by atoms with Crippen molar-refractivity contribution in [3.05, 3.63) is 0 Å². The third-order valence-corrected chi connectivity index (χ3v) is 2.84. The van der Waals surface area contributed by atoms with Crippen LogP contribution in [0, 0.1) is 0 Å². The Morgan fingerprint density at radius 1 is 1.32 bits per heavy atom. The van der Waals surface area contributed by atoms with Gasteiger partial charge < -0.3 is 19.9 Å². The monoisotopic (exact) mass is 293 g/mol. The van der Waals surface area contributed by atoms with Gasteiger partial charge in [0, 0.05) is 39.8 Å². The molecule has 0 radical (unpaired) electrons. The molecule has 0 saturated carbocycles. The van der Waals surface area contributed by atoms with E-state index < -0.39 is 0 Å². The molecule has 1 saturated heterocycles. The summed E-state index contributed by atoms with van der Waals surface area (Å²) in [7, 11) is 1.64. The van der Waals surface area contributed by atoms with E-state index in [1.54, 1.807) is 11.9 Å². The van der Waals surface area contributed by atoms with Crippen molar-refractivity contribution in [2.75, 3.05) is 53.0 Å². The van der Waals surface area contributed by atoms with Crippen molar-refractivity contribution < 1.29 is 14.3 Å². The summed E-state index contributed by atoms with van der Waals surface area (Å²) < 4.78 is 5.17. The predicted octanol–water partition coefficient (Wildman–Crippen LogP) is -0.275. The molecule has 0 bridgehead atoms. The normalized spacial score (nSPS) is 14.7. The Hall–Kier alpha value is -0.850. The maximum Gasteiger partial charge on any atom is 0.248 e. The van der Waals surface area contributed by atoms with Crippen molar-refractivity contribution in [3.8, 4) is 0 Å². The summed E-state index contributed by atoms with van der Waals surface area (Å²) in [6.07, 6.45) is 0.886. The van der Waals surface area contributed by atoms with E-state index in [1.165, 1.54) is 4.90 Å². The second kappa shape index (κ2) is 10.00. The van der Waals surface area contributed by atoms with Gasteiger partial charge in [0.15, 0.2) is 0 Å². The summed E-state index contributed by atoms with van der Waals surface area (Å²) >= 11 is 0. The largest absolute Gasteiger partial charge is 0.372 e. The Kier molecular flexibility index (Phi) is 9.55. The van der Waals surface area contributed by atoms with Crippen LogP contribution in [0.3, 0.4) is 0 Å². The molecule has 1 fully saturated rings. The van der Waals surface area contributed by atoms with Gasteiger partial charge in [-0.3, -0.25) is 9.59 Å². The number of carbonyl (C=O) groups excluding carboxylic acids is 2. The van der Waals surface area contributed by atoms with Gasteiger partial charge in [-0.25, -0.2) is 0 Å². The molecule has 0 atom stereocenters. The lowest BCUT2D eigenvalue weighted by molar-refractivity contribution is -0.142. The molecule has 1 aliphatic heterocycles. The van der Waals surface area contributed by atoms with Crippen molar-refractivity contribution in [2.45, 2.75) is 13.3 Å². The molecular formula is C12H24ClN3O3. The smallest absolute Gasteiger partial charge is 0.248 e. The average molecular weight is 294 g/mol. The fraction of sp³-hybridized carbons (Fsp3) is 0.833. The maximum absolute atomic E-state index is 11.9. The minimum Gasteiger partial charge on any atom is -0.372 e. The van der Waals surface area contributed by atoms with Crippen molar-refractivity contribution >= 4 is 24.2 Å². The van der Waals surface area contributed by atoms with Gasteiger partial charge >= 0.3 is 0 Å².